The summed E-state index contributed by atoms with van der Waals surface area (Å²) in [6, 6.07) is 30.3. The van der Waals surface area contributed by atoms with Crippen molar-refractivity contribution < 1.29 is 29.0 Å². The smallest absolute Gasteiger partial charge is 0.335 e. The van der Waals surface area contributed by atoms with Crippen LogP contribution in [0, 0.1) is 12.3 Å². The van der Waals surface area contributed by atoms with Crippen LogP contribution in [0.3, 0.4) is 0 Å². The van der Waals surface area contributed by atoms with Gasteiger partial charge >= 0.3 is 11.9 Å². The van der Waals surface area contributed by atoms with Crippen LogP contribution in [0.25, 0.3) is 46.1 Å². The van der Waals surface area contributed by atoms with E-state index in [1.807, 2.05) is 106 Å². The maximum Gasteiger partial charge on any atom is 0.335 e. The summed E-state index contributed by atoms with van der Waals surface area (Å²) in [7, 11) is 0. The highest BCUT2D eigenvalue weighted by Crippen LogP contribution is 2.34. The van der Waals surface area contributed by atoms with E-state index < -0.39 is 12.1 Å². The van der Waals surface area contributed by atoms with Gasteiger partial charge in [0.15, 0.2) is 6.10 Å². The number of anilines is 1. The van der Waals surface area contributed by atoms with Crippen LogP contribution in [-0.2, 0) is 23.9 Å². The van der Waals surface area contributed by atoms with Crippen molar-refractivity contribution in [3.63, 3.8) is 0 Å². The number of carbonyl (C=O) groups excluding carboxylic acids is 3. The summed E-state index contributed by atoms with van der Waals surface area (Å²) in [6.45, 7) is 6.65. The SMILES string of the molecule is CCCCOC(=O)/C=C/c1ccc(-c2nc(-c3ccc(C(=N)CC(O)C(=O)OCCCC)cc3)[nH]c2-c2ccc(/C=C/C(=O)Nc3ccc(C)cc3)cc2)cc1. The molecule has 10 nitrogen and oxygen atoms in total. The lowest BCUT2D eigenvalue weighted by atomic mass is 10.0. The Labute approximate surface area is 327 Å². The number of aryl methyl sites for hydroxylation is 1. The molecule has 1 amide bonds. The number of ether oxygens (including phenoxy) is 2. The summed E-state index contributed by atoms with van der Waals surface area (Å²) in [5.41, 5.74) is 8.17. The molecule has 0 bridgehead atoms. The second-order valence-corrected chi connectivity index (χ2v) is 13.4. The largest absolute Gasteiger partial charge is 0.464 e. The highest BCUT2D eigenvalue weighted by Gasteiger charge is 2.20. The highest BCUT2D eigenvalue weighted by molar-refractivity contribution is 6.02. The second-order valence-electron chi connectivity index (χ2n) is 13.4. The molecular formula is C46H48N4O6. The van der Waals surface area contributed by atoms with Crippen molar-refractivity contribution in [3.8, 4) is 33.9 Å². The zero-order chi connectivity index (χ0) is 39.9. The van der Waals surface area contributed by atoms with E-state index in [4.69, 9.17) is 19.9 Å². The minimum absolute atomic E-state index is 0.113. The predicted octanol–water partition coefficient (Wildman–Crippen LogP) is 9.19. The molecule has 5 aromatic rings. The van der Waals surface area contributed by atoms with Crippen molar-refractivity contribution in [2.24, 2.45) is 0 Å². The van der Waals surface area contributed by atoms with Crippen molar-refractivity contribution >= 4 is 41.4 Å². The number of aliphatic hydroxyl groups excluding tert-OH is 1. The van der Waals surface area contributed by atoms with Crippen molar-refractivity contribution in [1.82, 2.24) is 9.97 Å². The van der Waals surface area contributed by atoms with Gasteiger partial charge in [0, 0.05) is 46.7 Å². The molecule has 0 saturated heterocycles. The summed E-state index contributed by atoms with van der Waals surface area (Å²) in [4.78, 5) is 45.3. The number of unbranched alkanes of at least 4 members (excludes halogenated alkanes) is 2. The van der Waals surface area contributed by atoms with Gasteiger partial charge in [-0.15, -0.1) is 0 Å². The fourth-order valence-electron chi connectivity index (χ4n) is 5.60. The molecular weight excluding hydrogens is 705 g/mol. The number of H-pyrrole nitrogens is 1. The maximum absolute atomic E-state index is 12.5. The van der Waals surface area contributed by atoms with E-state index in [2.05, 4.69) is 10.3 Å². The zero-order valence-electron chi connectivity index (χ0n) is 32.0. The molecule has 0 aliphatic heterocycles. The number of rotatable bonds is 18. The summed E-state index contributed by atoms with van der Waals surface area (Å²) in [6.07, 6.45) is 8.18. The lowest BCUT2D eigenvalue weighted by molar-refractivity contribution is -0.153. The molecule has 288 valence electrons. The van der Waals surface area contributed by atoms with Crippen LogP contribution in [0.4, 0.5) is 5.69 Å². The maximum atomic E-state index is 12.5. The third-order valence-electron chi connectivity index (χ3n) is 8.91. The minimum Gasteiger partial charge on any atom is -0.464 e. The number of amides is 1. The average Bonchev–Trinajstić information content (AvgIpc) is 3.66. The summed E-state index contributed by atoms with van der Waals surface area (Å²) in [5.74, 6) is -0.734. The molecule has 56 heavy (non-hydrogen) atoms. The Kier molecular flexibility index (Phi) is 14.8. The van der Waals surface area contributed by atoms with Gasteiger partial charge in [-0.3, -0.25) is 4.79 Å². The van der Waals surface area contributed by atoms with Gasteiger partial charge in [-0.2, -0.15) is 0 Å². The van der Waals surface area contributed by atoms with Gasteiger partial charge in [0.25, 0.3) is 0 Å². The van der Waals surface area contributed by atoms with Gasteiger partial charge in [0.05, 0.1) is 24.6 Å². The molecule has 0 aliphatic rings. The molecule has 1 atom stereocenters. The third kappa shape index (κ3) is 11.8. The van der Waals surface area contributed by atoms with E-state index in [0.29, 0.717) is 30.1 Å². The van der Waals surface area contributed by atoms with Crippen LogP contribution < -0.4 is 5.32 Å². The predicted molar refractivity (Wildman–Crippen MR) is 222 cm³/mol. The van der Waals surface area contributed by atoms with Gasteiger partial charge in [-0.1, -0.05) is 117 Å². The molecule has 0 radical (unpaired) electrons. The lowest BCUT2D eigenvalue weighted by Gasteiger charge is -2.11. The fourth-order valence-corrected chi connectivity index (χ4v) is 5.60. The number of aromatic nitrogens is 2. The van der Waals surface area contributed by atoms with Crippen LogP contribution in [0.15, 0.2) is 109 Å². The Morgan fingerprint density at radius 2 is 1.34 bits per heavy atom. The molecule has 1 unspecified atom stereocenters. The van der Waals surface area contributed by atoms with Gasteiger partial charge in [0.2, 0.25) is 5.91 Å². The van der Waals surface area contributed by atoms with Crippen molar-refractivity contribution in [1.29, 1.82) is 5.41 Å². The van der Waals surface area contributed by atoms with Crippen LogP contribution in [0.2, 0.25) is 0 Å². The van der Waals surface area contributed by atoms with Crippen LogP contribution in [0.5, 0.6) is 0 Å². The fraction of sp³-hybridized carbons (Fsp3) is 0.239. The Morgan fingerprint density at radius 3 is 1.96 bits per heavy atom. The first-order valence-corrected chi connectivity index (χ1v) is 18.9. The Hall–Kier alpha value is -6.39. The number of carbonyl (C=O) groups is 3. The molecule has 0 saturated carbocycles. The van der Waals surface area contributed by atoms with Crippen LogP contribution >= 0.6 is 0 Å². The molecule has 1 aromatic heterocycles. The Balaban J connectivity index is 1.37. The van der Waals surface area contributed by atoms with Crippen molar-refractivity contribution in [3.05, 3.63) is 131 Å². The number of imidazole rings is 1. The summed E-state index contributed by atoms with van der Waals surface area (Å²) >= 11 is 0. The quantitative estimate of drug-likeness (QED) is 0.0301. The third-order valence-corrected chi connectivity index (χ3v) is 8.91. The van der Waals surface area contributed by atoms with Crippen LogP contribution in [-0.4, -0.2) is 57.9 Å². The van der Waals surface area contributed by atoms with Gasteiger partial charge < -0.3 is 30.3 Å². The number of aliphatic hydroxyl groups is 1. The monoisotopic (exact) mass is 752 g/mol. The number of hydrogen-bond donors (Lipinski definition) is 4. The van der Waals surface area contributed by atoms with E-state index in [1.165, 1.54) is 12.2 Å². The number of nitrogens with zero attached hydrogens (tertiary/aromatic N) is 1. The van der Waals surface area contributed by atoms with Crippen molar-refractivity contribution in [2.75, 3.05) is 18.5 Å². The molecule has 0 fully saturated rings. The Bertz CT molecular complexity index is 2150. The first-order valence-electron chi connectivity index (χ1n) is 18.9. The van der Waals surface area contributed by atoms with Crippen molar-refractivity contribution in [2.45, 2.75) is 59.0 Å². The molecule has 0 spiro atoms. The molecule has 0 aliphatic carbocycles. The van der Waals surface area contributed by atoms with E-state index >= 15 is 0 Å². The number of esters is 2. The van der Waals surface area contributed by atoms with Gasteiger partial charge in [-0.25, -0.2) is 14.6 Å². The molecule has 10 heteroatoms. The average molecular weight is 753 g/mol. The van der Waals surface area contributed by atoms with E-state index in [0.717, 1.165) is 64.0 Å². The highest BCUT2D eigenvalue weighted by atomic mass is 16.5. The normalized spacial score (nSPS) is 11.8. The van der Waals surface area contributed by atoms with Gasteiger partial charge in [0.1, 0.15) is 5.82 Å². The minimum atomic E-state index is -1.41. The lowest BCUT2D eigenvalue weighted by Crippen LogP contribution is -2.26. The second kappa shape index (κ2) is 20.3. The van der Waals surface area contributed by atoms with Gasteiger partial charge in [-0.05, 0) is 60.7 Å². The molecule has 5 rings (SSSR count). The van der Waals surface area contributed by atoms with E-state index in [-0.39, 0.29) is 30.6 Å². The van der Waals surface area contributed by atoms with E-state index in [1.54, 1.807) is 24.3 Å². The zero-order valence-corrected chi connectivity index (χ0v) is 32.0. The standard InChI is InChI=1S/C46H48N4O6/c1-4-6-28-55-42(53)27-15-33-12-18-36(19-13-33)44-43(35-16-10-32(11-17-35)14-26-41(52)48-38-24-8-31(3)9-25-38)49-45(50-44)37-22-20-34(21-23-37)39(47)30-40(51)46(54)56-29-7-5-2/h8-27,40,47,51H,4-7,28-30H2,1-3H3,(H,48,52)(H,49,50)/b26-14+,27-15+,47-39?. The first-order chi connectivity index (χ1) is 27.1. The number of hydrogen-bond acceptors (Lipinski definition) is 8. The summed E-state index contributed by atoms with van der Waals surface area (Å²) < 4.78 is 10.3. The van der Waals surface area contributed by atoms with E-state index in [9.17, 15) is 19.5 Å². The topological polar surface area (TPSA) is 154 Å². The molecule has 1 heterocycles. The number of nitrogens with one attached hydrogen (secondary N) is 3. The Morgan fingerprint density at radius 1 is 0.768 bits per heavy atom. The molecule has 4 N–H and O–H groups in total. The first kappa shape index (κ1) is 40.8. The summed E-state index contributed by atoms with van der Waals surface area (Å²) in [5, 5.41) is 21.7. The van der Waals surface area contributed by atoms with Crippen LogP contribution in [0.1, 0.15) is 68.2 Å². The number of aromatic amines is 1. The molecule has 4 aromatic carbocycles. The number of benzene rings is 4.